The molecule has 0 bridgehead atoms. The van der Waals surface area contributed by atoms with Crippen molar-refractivity contribution in [2.75, 3.05) is 61.1 Å². The van der Waals surface area contributed by atoms with Crippen LogP contribution in [0.25, 0.3) is 0 Å². The molecule has 2 aliphatic rings. The van der Waals surface area contributed by atoms with E-state index >= 15 is 0 Å². The maximum atomic E-state index is 14.8. The van der Waals surface area contributed by atoms with Crippen LogP contribution in [0.2, 0.25) is 0 Å². The van der Waals surface area contributed by atoms with Gasteiger partial charge in [-0.2, -0.15) is 11.8 Å². The molecule has 2 amide bonds. The fourth-order valence-electron chi connectivity index (χ4n) is 3.38. The molecule has 3 N–H and O–H groups in total. The number of carbonyl (C=O) groups excluding carboxylic acids is 2. The number of halogens is 1. The lowest BCUT2D eigenvalue weighted by Gasteiger charge is -2.36. The summed E-state index contributed by atoms with van der Waals surface area (Å²) < 4.78 is 20.0. The van der Waals surface area contributed by atoms with E-state index in [-0.39, 0.29) is 17.6 Å². The Labute approximate surface area is 178 Å². The number of amides is 2. The summed E-state index contributed by atoms with van der Waals surface area (Å²) in [4.78, 5) is 29.2. The molecule has 1 atom stereocenters. The maximum Gasteiger partial charge on any atom is 0.414 e. The zero-order valence-electron chi connectivity index (χ0n) is 16.1. The summed E-state index contributed by atoms with van der Waals surface area (Å²) in [7, 11) is 0. The molecule has 3 rings (SSSR count). The molecule has 29 heavy (non-hydrogen) atoms. The first-order valence-electron chi connectivity index (χ1n) is 9.21. The minimum Gasteiger partial charge on any atom is -0.442 e. The van der Waals surface area contributed by atoms with Crippen LogP contribution in [0.1, 0.15) is 0 Å². The minimum atomic E-state index is -0.534. The second-order valence-corrected chi connectivity index (χ2v) is 8.10. The van der Waals surface area contributed by atoms with Crippen molar-refractivity contribution in [2.45, 2.75) is 6.10 Å². The number of cyclic esters (lactones) is 1. The van der Waals surface area contributed by atoms with Crippen LogP contribution >= 0.6 is 24.0 Å². The number of thioether (sulfide) groups is 1. The Morgan fingerprint density at radius 3 is 2.72 bits per heavy atom. The number of carbonyl (C=O) groups is 2. The molecule has 0 aromatic heterocycles. The average molecular weight is 442 g/mol. The van der Waals surface area contributed by atoms with E-state index in [1.165, 1.54) is 22.7 Å². The molecule has 2 saturated heterocycles. The number of nitrogens with zero attached hydrogens (tertiary/aromatic N) is 3. The fourth-order valence-corrected chi connectivity index (χ4v) is 3.90. The third-order valence-corrected chi connectivity index (χ3v) is 5.54. The van der Waals surface area contributed by atoms with E-state index in [1.807, 2.05) is 11.2 Å². The number of nitrogens with one attached hydrogen (secondary N) is 1. The van der Waals surface area contributed by atoms with Gasteiger partial charge in [-0.3, -0.25) is 9.69 Å². The molecule has 11 heteroatoms. The summed E-state index contributed by atoms with van der Waals surface area (Å²) in [6.07, 6.45) is 0.943. The smallest absolute Gasteiger partial charge is 0.414 e. The topological polar surface area (TPSA) is 91.1 Å². The standard InChI is InChI=1S/C18H24FN5O3S2/c1-29-11-16(25)23-6-4-22(5-7-23)15-3-2-12(8-14(15)19)24-10-13(27-18(24)26)9-21-17(20)28/h2-3,8,13H,4-7,9-11H2,1H3,(H3,20,21,28)/t13-/m0/s1. The lowest BCUT2D eigenvalue weighted by Crippen LogP contribution is -2.49. The van der Waals surface area contributed by atoms with Crippen molar-refractivity contribution < 1.29 is 18.7 Å². The SMILES string of the molecule is CSCC(=O)N1CCN(c2ccc(N3C[C@H](CNC(N)=S)OC3=O)cc2F)CC1. The molecule has 1 aromatic rings. The highest BCUT2D eigenvalue weighted by molar-refractivity contribution is 7.99. The number of rotatable bonds is 6. The van der Waals surface area contributed by atoms with Gasteiger partial charge in [0.25, 0.3) is 0 Å². The monoisotopic (exact) mass is 441 g/mol. The normalized spacial score (nSPS) is 19.3. The first-order chi connectivity index (χ1) is 13.9. The Balaban J connectivity index is 1.62. The molecule has 1 aromatic carbocycles. The second-order valence-electron chi connectivity index (χ2n) is 6.80. The Bertz CT molecular complexity index is 789. The Morgan fingerprint density at radius 2 is 2.10 bits per heavy atom. The zero-order valence-corrected chi connectivity index (χ0v) is 17.7. The molecule has 8 nitrogen and oxygen atoms in total. The van der Waals surface area contributed by atoms with E-state index in [9.17, 15) is 14.0 Å². The van der Waals surface area contributed by atoms with E-state index in [4.69, 9.17) is 22.7 Å². The maximum absolute atomic E-state index is 14.8. The number of benzene rings is 1. The molecule has 0 radical (unpaired) electrons. The molecule has 0 unspecified atom stereocenters. The highest BCUT2D eigenvalue weighted by Gasteiger charge is 2.33. The van der Waals surface area contributed by atoms with Crippen LogP contribution in [0.3, 0.4) is 0 Å². The number of ether oxygens (including phenoxy) is 1. The molecule has 2 aliphatic heterocycles. The van der Waals surface area contributed by atoms with Crippen LogP contribution in [0.4, 0.5) is 20.6 Å². The number of hydrogen-bond acceptors (Lipinski definition) is 6. The van der Waals surface area contributed by atoms with Gasteiger partial charge in [0.05, 0.1) is 30.2 Å². The van der Waals surface area contributed by atoms with E-state index in [0.717, 1.165) is 0 Å². The second kappa shape index (κ2) is 9.49. The van der Waals surface area contributed by atoms with Gasteiger partial charge in [-0.15, -0.1) is 0 Å². The Morgan fingerprint density at radius 1 is 1.38 bits per heavy atom. The molecule has 0 saturated carbocycles. The van der Waals surface area contributed by atoms with Crippen LogP contribution in [-0.2, 0) is 9.53 Å². The van der Waals surface area contributed by atoms with E-state index in [2.05, 4.69) is 5.32 Å². The van der Waals surface area contributed by atoms with Crippen molar-refractivity contribution >= 4 is 52.5 Å². The largest absolute Gasteiger partial charge is 0.442 e. The van der Waals surface area contributed by atoms with Gasteiger partial charge in [0.15, 0.2) is 5.11 Å². The summed E-state index contributed by atoms with van der Waals surface area (Å²) in [5.41, 5.74) is 6.28. The van der Waals surface area contributed by atoms with Crippen LogP contribution < -0.4 is 20.9 Å². The van der Waals surface area contributed by atoms with Crippen LogP contribution in [0.15, 0.2) is 18.2 Å². The quantitative estimate of drug-likeness (QED) is 0.632. The van der Waals surface area contributed by atoms with E-state index in [1.54, 1.807) is 17.0 Å². The van der Waals surface area contributed by atoms with Crippen LogP contribution in [0.5, 0.6) is 0 Å². The molecule has 2 heterocycles. The van der Waals surface area contributed by atoms with Crippen LogP contribution in [0, 0.1) is 5.82 Å². The number of piperazine rings is 1. The lowest BCUT2D eigenvalue weighted by molar-refractivity contribution is -0.128. The predicted octanol–water partition coefficient (Wildman–Crippen LogP) is 0.996. The highest BCUT2D eigenvalue weighted by Crippen LogP contribution is 2.28. The van der Waals surface area contributed by atoms with Crippen LogP contribution in [-0.4, -0.2) is 79.4 Å². The first-order valence-corrected chi connectivity index (χ1v) is 11.0. The van der Waals surface area contributed by atoms with Crippen molar-refractivity contribution in [2.24, 2.45) is 5.73 Å². The summed E-state index contributed by atoms with van der Waals surface area (Å²) in [6, 6.07) is 4.71. The van der Waals surface area contributed by atoms with Crippen molar-refractivity contribution in [1.29, 1.82) is 0 Å². The summed E-state index contributed by atoms with van der Waals surface area (Å²) in [6.45, 7) is 2.85. The van der Waals surface area contributed by atoms with Gasteiger partial charge in [-0.25, -0.2) is 9.18 Å². The number of thiocarbonyl (C=S) groups is 1. The summed E-state index contributed by atoms with van der Waals surface area (Å²) in [5.74, 6) is 0.159. The molecular formula is C18H24FN5O3S2. The molecule has 0 aliphatic carbocycles. The van der Waals surface area contributed by atoms with Gasteiger partial charge < -0.3 is 25.6 Å². The predicted molar refractivity (Wildman–Crippen MR) is 116 cm³/mol. The molecule has 2 fully saturated rings. The minimum absolute atomic E-state index is 0.111. The number of nitrogens with two attached hydrogens (primary N) is 1. The number of hydrogen-bond donors (Lipinski definition) is 2. The van der Waals surface area contributed by atoms with Gasteiger partial charge in [0, 0.05) is 26.2 Å². The van der Waals surface area contributed by atoms with Gasteiger partial charge in [-0.1, -0.05) is 0 Å². The summed E-state index contributed by atoms with van der Waals surface area (Å²) in [5, 5.41) is 2.89. The molecular weight excluding hydrogens is 417 g/mol. The lowest BCUT2D eigenvalue weighted by atomic mass is 10.2. The third kappa shape index (κ3) is 5.21. The highest BCUT2D eigenvalue weighted by atomic mass is 32.2. The summed E-state index contributed by atoms with van der Waals surface area (Å²) >= 11 is 6.24. The fraction of sp³-hybridized carbons (Fsp3) is 0.500. The van der Waals surface area contributed by atoms with Gasteiger partial charge in [0.2, 0.25) is 5.91 Å². The Hall–Kier alpha value is -2.27. The average Bonchev–Trinajstić information content (AvgIpc) is 3.07. The van der Waals surface area contributed by atoms with Crippen molar-refractivity contribution in [3.63, 3.8) is 0 Å². The van der Waals surface area contributed by atoms with Crippen molar-refractivity contribution in [1.82, 2.24) is 10.2 Å². The van der Waals surface area contributed by atoms with Gasteiger partial charge in [0.1, 0.15) is 11.9 Å². The van der Waals surface area contributed by atoms with Gasteiger partial charge >= 0.3 is 6.09 Å². The van der Waals surface area contributed by atoms with E-state index in [0.29, 0.717) is 49.9 Å². The van der Waals surface area contributed by atoms with Gasteiger partial charge in [-0.05, 0) is 36.7 Å². The van der Waals surface area contributed by atoms with Crippen molar-refractivity contribution in [3.8, 4) is 0 Å². The van der Waals surface area contributed by atoms with E-state index < -0.39 is 18.0 Å². The Kier molecular flexibility index (Phi) is 7.01. The molecule has 0 spiro atoms. The third-order valence-electron chi connectivity index (χ3n) is 4.86. The molecule has 158 valence electrons. The van der Waals surface area contributed by atoms with Crippen molar-refractivity contribution in [3.05, 3.63) is 24.0 Å². The zero-order chi connectivity index (χ0) is 21.0. The number of anilines is 2. The first kappa shape index (κ1) is 21.4.